The van der Waals surface area contributed by atoms with Crippen molar-refractivity contribution < 1.29 is 9.53 Å². The lowest BCUT2D eigenvalue weighted by molar-refractivity contribution is 0.233. The molecule has 0 saturated carbocycles. The highest BCUT2D eigenvalue weighted by molar-refractivity contribution is 5.90. The fourth-order valence-electron chi connectivity index (χ4n) is 1.93. The fraction of sp³-hybridized carbons (Fsp3) is 0.294. The average Bonchev–Trinajstić information content (AvgIpc) is 2.50. The van der Waals surface area contributed by atoms with Crippen molar-refractivity contribution in [2.75, 3.05) is 11.9 Å². The molecule has 0 aliphatic carbocycles. The minimum atomic E-state index is -0.266. The molecule has 5 heteroatoms. The minimum Gasteiger partial charge on any atom is -0.473 e. The normalized spacial score (nSPS) is 10.3. The molecule has 0 saturated heterocycles. The molecule has 116 valence electrons. The maximum Gasteiger partial charge on any atom is 0.319 e. The quantitative estimate of drug-likeness (QED) is 0.860. The van der Waals surface area contributed by atoms with E-state index in [9.17, 15) is 4.79 Å². The lowest BCUT2D eigenvalue weighted by Gasteiger charge is -2.13. The summed E-state index contributed by atoms with van der Waals surface area (Å²) in [4.78, 5) is 16.1. The minimum absolute atomic E-state index is 0.00316. The molecule has 2 aromatic rings. The zero-order chi connectivity index (χ0) is 15.8. The molecule has 2 rings (SSSR count). The molecule has 0 fully saturated rings. The van der Waals surface area contributed by atoms with Crippen LogP contribution in [0.15, 0.2) is 48.7 Å². The topological polar surface area (TPSA) is 63.2 Å². The smallest absolute Gasteiger partial charge is 0.319 e. The van der Waals surface area contributed by atoms with Crippen molar-refractivity contribution >= 4 is 11.7 Å². The van der Waals surface area contributed by atoms with Crippen LogP contribution in [0.4, 0.5) is 10.5 Å². The highest BCUT2D eigenvalue weighted by atomic mass is 16.5. The van der Waals surface area contributed by atoms with Gasteiger partial charge in [-0.2, -0.15) is 0 Å². The Morgan fingerprint density at radius 2 is 1.95 bits per heavy atom. The molecule has 1 aromatic carbocycles. The van der Waals surface area contributed by atoms with Crippen LogP contribution in [0, 0.1) is 0 Å². The number of hydrogen-bond acceptors (Lipinski definition) is 3. The zero-order valence-corrected chi connectivity index (χ0v) is 12.9. The maximum absolute atomic E-state index is 11.9. The Morgan fingerprint density at radius 1 is 1.18 bits per heavy atom. The van der Waals surface area contributed by atoms with Gasteiger partial charge in [-0.25, -0.2) is 9.78 Å². The van der Waals surface area contributed by atoms with Gasteiger partial charge in [0.25, 0.3) is 0 Å². The summed E-state index contributed by atoms with van der Waals surface area (Å²) in [5.74, 6) is 0.427. The number of rotatable bonds is 6. The molecule has 0 unspecified atom stereocenters. The largest absolute Gasteiger partial charge is 0.473 e. The number of carbonyl (C=O) groups excluding carboxylic acids is 1. The van der Waals surface area contributed by atoms with Crippen LogP contribution in [0.1, 0.15) is 19.4 Å². The molecule has 1 heterocycles. The van der Waals surface area contributed by atoms with Gasteiger partial charge in [0.2, 0.25) is 5.88 Å². The SMILES string of the molecule is CC(C)Oc1ncccc1NC(=O)NCCc1ccccc1. The van der Waals surface area contributed by atoms with Crippen molar-refractivity contribution in [2.45, 2.75) is 26.4 Å². The van der Waals surface area contributed by atoms with E-state index in [1.807, 2.05) is 44.2 Å². The van der Waals surface area contributed by atoms with Gasteiger partial charge in [0.15, 0.2) is 0 Å². The van der Waals surface area contributed by atoms with Gasteiger partial charge in [0, 0.05) is 12.7 Å². The van der Waals surface area contributed by atoms with Crippen molar-refractivity contribution in [1.29, 1.82) is 0 Å². The Hall–Kier alpha value is -2.56. The fourth-order valence-corrected chi connectivity index (χ4v) is 1.93. The summed E-state index contributed by atoms with van der Waals surface area (Å²) in [6.45, 7) is 4.40. The van der Waals surface area contributed by atoms with Crippen LogP contribution in [0.2, 0.25) is 0 Å². The number of pyridine rings is 1. The second-order valence-electron chi connectivity index (χ2n) is 5.14. The van der Waals surface area contributed by atoms with Crippen LogP contribution in [0.5, 0.6) is 5.88 Å². The lowest BCUT2D eigenvalue weighted by Crippen LogP contribution is -2.30. The Bertz CT molecular complexity index is 600. The molecule has 0 bridgehead atoms. The third kappa shape index (κ3) is 5.09. The van der Waals surface area contributed by atoms with E-state index in [1.54, 1.807) is 18.3 Å². The predicted molar refractivity (Wildman–Crippen MR) is 87.2 cm³/mol. The van der Waals surface area contributed by atoms with E-state index < -0.39 is 0 Å². The van der Waals surface area contributed by atoms with E-state index in [4.69, 9.17) is 4.74 Å². The van der Waals surface area contributed by atoms with Crippen molar-refractivity contribution in [3.8, 4) is 5.88 Å². The van der Waals surface area contributed by atoms with Gasteiger partial charge in [-0.1, -0.05) is 30.3 Å². The van der Waals surface area contributed by atoms with E-state index in [1.165, 1.54) is 5.56 Å². The van der Waals surface area contributed by atoms with Gasteiger partial charge >= 0.3 is 6.03 Å². The number of nitrogens with zero attached hydrogens (tertiary/aromatic N) is 1. The number of benzene rings is 1. The molecule has 1 aromatic heterocycles. The van der Waals surface area contributed by atoms with Gasteiger partial charge < -0.3 is 15.4 Å². The first-order valence-corrected chi connectivity index (χ1v) is 7.35. The van der Waals surface area contributed by atoms with Crippen molar-refractivity contribution in [2.24, 2.45) is 0 Å². The first-order chi connectivity index (χ1) is 10.6. The molecular formula is C17H21N3O2. The Balaban J connectivity index is 1.84. The van der Waals surface area contributed by atoms with Crippen molar-refractivity contribution in [3.63, 3.8) is 0 Å². The van der Waals surface area contributed by atoms with Gasteiger partial charge in [0.1, 0.15) is 5.69 Å². The molecule has 0 aliphatic rings. The van der Waals surface area contributed by atoms with Crippen molar-refractivity contribution in [3.05, 3.63) is 54.2 Å². The predicted octanol–water partition coefficient (Wildman–Crippen LogP) is 3.23. The Kier molecular flexibility index (Phi) is 5.77. The number of nitrogens with one attached hydrogen (secondary N) is 2. The monoisotopic (exact) mass is 299 g/mol. The number of ether oxygens (including phenoxy) is 1. The van der Waals surface area contributed by atoms with Crippen LogP contribution >= 0.6 is 0 Å². The van der Waals surface area contributed by atoms with E-state index in [2.05, 4.69) is 15.6 Å². The third-order valence-electron chi connectivity index (χ3n) is 2.91. The maximum atomic E-state index is 11.9. The Morgan fingerprint density at radius 3 is 2.68 bits per heavy atom. The number of carbonyl (C=O) groups is 1. The highest BCUT2D eigenvalue weighted by Gasteiger charge is 2.09. The van der Waals surface area contributed by atoms with E-state index in [0.29, 0.717) is 18.1 Å². The molecule has 2 N–H and O–H groups in total. The third-order valence-corrected chi connectivity index (χ3v) is 2.91. The zero-order valence-electron chi connectivity index (χ0n) is 12.9. The van der Waals surface area contributed by atoms with Crippen molar-refractivity contribution in [1.82, 2.24) is 10.3 Å². The van der Waals surface area contributed by atoms with Crippen LogP contribution in [-0.4, -0.2) is 23.7 Å². The summed E-state index contributed by atoms with van der Waals surface area (Å²) < 4.78 is 5.57. The van der Waals surface area contributed by atoms with Crippen LogP contribution < -0.4 is 15.4 Å². The van der Waals surface area contributed by atoms with Gasteiger partial charge in [-0.15, -0.1) is 0 Å². The first kappa shape index (κ1) is 15.8. The number of amides is 2. The average molecular weight is 299 g/mol. The van der Waals surface area contributed by atoms with E-state index in [-0.39, 0.29) is 12.1 Å². The Labute approximate surface area is 130 Å². The number of urea groups is 1. The number of aromatic nitrogens is 1. The summed E-state index contributed by atoms with van der Waals surface area (Å²) in [6.07, 6.45) is 2.42. The first-order valence-electron chi connectivity index (χ1n) is 7.35. The second kappa shape index (κ2) is 8.02. The molecule has 2 amide bonds. The summed E-state index contributed by atoms with van der Waals surface area (Å²) in [6, 6.07) is 13.3. The summed E-state index contributed by atoms with van der Waals surface area (Å²) in [5.41, 5.74) is 1.75. The molecule has 5 nitrogen and oxygen atoms in total. The molecule has 0 atom stereocenters. The van der Waals surface area contributed by atoms with Gasteiger partial charge in [-0.3, -0.25) is 0 Å². The summed E-state index contributed by atoms with van der Waals surface area (Å²) >= 11 is 0. The molecule has 22 heavy (non-hydrogen) atoms. The number of anilines is 1. The van der Waals surface area contributed by atoms with Gasteiger partial charge in [0.05, 0.1) is 6.10 Å². The van der Waals surface area contributed by atoms with E-state index >= 15 is 0 Å². The molecule has 0 aliphatic heterocycles. The molecule has 0 radical (unpaired) electrons. The molecule has 0 spiro atoms. The van der Waals surface area contributed by atoms with Crippen LogP contribution in [-0.2, 0) is 6.42 Å². The number of hydrogen-bond donors (Lipinski definition) is 2. The lowest BCUT2D eigenvalue weighted by atomic mass is 10.1. The van der Waals surface area contributed by atoms with Crippen LogP contribution in [0.25, 0.3) is 0 Å². The standard InChI is InChI=1S/C17H21N3O2/c1-13(2)22-16-15(9-6-11-18-16)20-17(21)19-12-10-14-7-4-3-5-8-14/h3-9,11,13H,10,12H2,1-2H3,(H2,19,20,21). The second-order valence-corrected chi connectivity index (χ2v) is 5.14. The summed E-state index contributed by atoms with van der Waals surface area (Å²) in [7, 11) is 0. The van der Waals surface area contributed by atoms with Crippen LogP contribution in [0.3, 0.4) is 0 Å². The van der Waals surface area contributed by atoms with E-state index in [0.717, 1.165) is 6.42 Å². The van der Waals surface area contributed by atoms with Gasteiger partial charge in [-0.05, 0) is 38.0 Å². The molecular weight excluding hydrogens is 278 g/mol. The summed E-state index contributed by atoms with van der Waals surface area (Å²) in [5, 5.41) is 5.59. The highest BCUT2D eigenvalue weighted by Crippen LogP contribution is 2.21.